The lowest BCUT2D eigenvalue weighted by Crippen LogP contribution is -2.35. The largest absolute Gasteiger partial charge is 0.321 e. The van der Waals surface area contributed by atoms with Gasteiger partial charge >= 0.3 is 0 Å². The normalized spacial score (nSPS) is 14.1. The molecule has 2 rings (SSSR count). The first-order valence-corrected chi connectivity index (χ1v) is 7.37. The van der Waals surface area contributed by atoms with E-state index in [0.29, 0.717) is 0 Å². The highest BCUT2D eigenvalue weighted by molar-refractivity contribution is 5.35. The van der Waals surface area contributed by atoms with Crippen molar-refractivity contribution in [2.45, 2.75) is 46.1 Å². The summed E-state index contributed by atoms with van der Waals surface area (Å²) < 4.78 is 0. The van der Waals surface area contributed by atoms with Gasteiger partial charge in [0.2, 0.25) is 0 Å². The van der Waals surface area contributed by atoms with Gasteiger partial charge in [0.05, 0.1) is 0 Å². The van der Waals surface area contributed by atoms with E-state index in [2.05, 4.69) is 70.2 Å². The molecule has 0 saturated carbocycles. The van der Waals surface area contributed by atoms with Gasteiger partial charge < -0.3 is 5.73 Å². The monoisotopic (exact) mass is 267 g/mol. The summed E-state index contributed by atoms with van der Waals surface area (Å²) in [5.74, 6) is 0. The Kier molecular flexibility index (Phi) is 4.29. The van der Waals surface area contributed by atoms with E-state index >= 15 is 0 Å². The molecule has 1 unspecified atom stereocenters. The molecule has 2 aromatic rings. The predicted molar refractivity (Wildman–Crippen MR) is 87.0 cm³/mol. The number of rotatable bonds is 4. The Bertz CT molecular complexity index is 579. The van der Waals surface area contributed by atoms with E-state index in [9.17, 15) is 0 Å². The summed E-state index contributed by atoms with van der Waals surface area (Å²) in [5, 5.41) is 0. The van der Waals surface area contributed by atoms with Crippen LogP contribution < -0.4 is 5.73 Å². The van der Waals surface area contributed by atoms with Gasteiger partial charge in [0.15, 0.2) is 0 Å². The topological polar surface area (TPSA) is 26.0 Å². The molecular weight excluding hydrogens is 242 g/mol. The van der Waals surface area contributed by atoms with Crippen molar-refractivity contribution in [3.63, 3.8) is 0 Å². The Labute approximate surface area is 122 Å². The Morgan fingerprint density at radius 2 is 1.50 bits per heavy atom. The molecule has 0 heterocycles. The molecule has 0 aliphatic heterocycles. The summed E-state index contributed by atoms with van der Waals surface area (Å²) in [7, 11) is 0. The minimum atomic E-state index is -0.327. The highest BCUT2D eigenvalue weighted by Gasteiger charge is 2.22. The van der Waals surface area contributed by atoms with Crippen LogP contribution in [0, 0.1) is 13.8 Å². The molecule has 0 radical (unpaired) electrons. The smallest absolute Gasteiger partial charge is 0.0421 e. The van der Waals surface area contributed by atoms with Gasteiger partial charge in [0.25, 0.3) is 0 Å². The van der Waals surface area contributed by atoms with Crippen molar-refractivity contribution < 1.29 is 0 Å². The fourth-order valence-electron chi connectivity index (χ4n) is 2.52. The Balaban J connectivity index is 2.22. The predicted octanol–water partition coefficient (Wildman–Crippen LogP) is 4.28. The van der Waals surface area contributed by atoms with Crippen molar-refractivity contribution in [3.8, 4) is 0 Å². The van der Waals surface area contributed by atoms with Gasteiger partial charge in [-0.3, -0.25) is 0 Å². The van der Waals surface area contributed by atoms with Crippen molar-refractivity contribution in [1.29, 1.82) is 0 Å². The number of hydrogen-bond acceptors (Lipinski definition) is 1. The molecule has 0 aliphatic rings. The fraction of sp³-hybridized carbons (Fsp3) is 0.368. The van der Waals surface area contributed by atoms with E-state index in [1.165, 1.54) is 27.8 Å². The number of benzene rings is 2. The Morgan fingerprint density at radius 1 is 0.900 bits per heavy atom. The van der Waals surface area contributed by atoms with E-state index in [4.69, 9.17) is 5.73 Å². The van der Waals surface area contributed by atoms with Gasteiger partial charge in [0.1, 0.15) is 0 Å². The molecule has 0 aliphatic carbocycles. The van der Waals surface area contributed by atoms with Crippen LogP contribution in [0.25, 0.3) is 0 Å². The van der Waals surface area contributed by atoms with Gasteiger partial charge in [-0.25, -0.2) is 0 Å². The molecule has 1 atom stereocenters. The molecule has 0 aromatic heterocycles. The molecule has 0 bridgehead atoms. The van der Waals surface area contributed by atoms with Crippen LogP contribution in [0.3, 0.4) is 0 Å². The SMILES string of the molecule is CCc1ccc(CC(C)(N)c2ccc(C)c(C)c2)cc1. The zero-order valence-electron chi connectivity index (χ0n) is 13.0. The van der Waals surface area contributed by atoms with Crippen molar-refractivity contribution in [3.05, 3.63) is 70.3 Å². The fourth-order valence-corrected chi connectivity index (χ4v) is 2.52. The molecule has 1 heteroatoms. The third-order valence-corrected chi connectivity index (χ3v) is 4.17. The Hall–Kier alpha value is -1.60. The highest BCUT2D eigenvalue weighted by atomic mass is 14.7. The van der Waals surface area contributed by atoms with Gasteiger partial charge in [-0.15, -0.1) is 0 Å². The third-order valence-electron chi connectivity index (χ3n) is 4.17. The Morgan fingerprint density at radius 3 is 2.05 bits per heavy atom. The van der Waals surface area contributed by atoms with Gasteiger partial charge in [0, 0.05) is 5.54 Å². The first-order chi connectivity index (χ1) is 9.42. The lowest BCUT2D eigenvalue weighted by molar-refractivity contribution is 0.491. The summed E-state index contributed by atoms with van der Waals surface area (Å²) in [6, 6.07) is 15.3. The van der Waals surface area contributed by atoms with Crippen LogP contribution in [0.1, 0.15) is 41.7 Å². The van der Waals surface area contributed by atoms with Crippen molar-refractivity contribution >= 4 is 0 Å². The van der Waals surface area contributed by atoms with E-state index in [-0.39, 0.29) is 5.54 Å². The summed E-state index contributed by atoms with van der Waals surface area (Å²) in [5.41, 5.74) is 12.7. The second-order valence-electron chi connectivity index (χ2n) is 6.06. The van der Waals surface area contributed by atoms with Gasteiger partial charge in [-0.05, 0) is 61.4 Å². The number of nitrogens with two attached hydrogens (primary N) is 1. The van der Waals surface area contributed by atoms with E-state index in [1.807, 2.05) is 0 Å². The van der Waals surface area contributed by atoms with Gasteiger partial charge in [-0.1, -0.05) is 49.4 Å². The van der Waals surface area contributed by atoms with E-state index in [1.54, 1.807) is 0 Å². The summed E-state index contributed by atoms with van der Waals surface area (Å²) in [6.07, 6.45) is 1.94. The summed E-state index contributed by atoms with van der Waals surface area (Å²) in [4.78, 5) is 0. The van der Waals surface area contributed by atoms with E-state index < -0.39 is 0 Å². The maximum Gasteiger partial charge on any atom is 0.0421 e. The van der Waals surface area contributed by atoms with Crippen LogP contribution in [0.2, 0.25) is 0 Å². The van der Waals surface area contributed by atoms with Crippen LogP contribution in [0.15, 0.2) is 42.5 Å². The van der Waals surface area contributed by atoms with Gasteiger partial charge in [-0.2, -0.15) is 0 Å². The second kappa shape index (κ2) is 5.80. The van der Waals surface area contributed by atoms with Crippen LogP contribution >= 0.6 is 0 Å². The molecular formula is C19H25N. The van der Waals surface area contributed by atoms with Crippen LogP contribution in [-0.2, 0) is 18.4 Å². The molecule has 0 fully saturated rings. The van der Waals surface area contributed by atoms with Crippen LogP contribution in [-0.4, -0.2) is 0 Å². The molecule has 20 heavy (non-hydrogen) atoms. The quantitative estimate of drug-likeness (QED) is 0.879. The van der Waals surface area contributed by atoms with Crippen molar-refractivity contribution in [2.24, 2.45) is 5.73 Å². The minimum Gasteiger partial charge on any atom is -0.321 e. The van der Waals surface area contributed by atoms with E-state index in [0.717, 1.165) is 12.8 Å². The third kappa shape index (κ3) is 3.29. The molecule has 1 nitrogen and oxygen atoms in total. The van der Waals surface area contributed by atoms with Crippen LogP contribution in [0.5, 0.6) is 0 Å². The molecule has 2 aromatic carbocycles. The average Bonchev–Trinajstić information content (AvgIpc) is 2.42. The first-order valence-electron chi connectivity index (χ1n) is 7.37. The van der Waals surface area contributed by atoms with Crippen molar-refractivity contribution in [1.82, 2.24) is 0 Å². The lowest BCUT2D eigenvalue weighted by atomic mass is 9.85. The minimum absolute atomic E-state index is 0.327. The average molecular weight is 267 g/mol. The summed E-state index contributed by atoms with van der Waals surface area (Å²) >= 11 is 0. The number of aryl methyl sites for hydroxylation is 3. The summed E-state index contributed by atoms with van der Waals surface area (Å²) in [6.45, 7) is 8.57. The zero-order chi connectivity index (χ0) is 14.8. The maximum atomic E-state index is 6.56. The first kappa shape index (κ1) is 14.8. The standard InChI is InChI=1S/C19H25N/c1-5-16-7-9-17(10-8-16)13-19(4,20)18-11-6-14(2)15(3)12-18/h6-12H,5,13,20H2,1-4H3. The zero-order valence-corrected chi connectivity index (χ0v) is 13.0. The number of hydrogen-bond donors (Lipinski definition) is 1. The molecule has 2 N–H and O–H groups in total. The highest BCUT2D eigenvalue weighted by Crippen LogP contribution is 2.25. The lowest BCUT2D eigenvalue weighted by Gasteiger charge is -2.26. The molecule has 106 valence electrons. The molecule has 0 amide bonds. The van der Waals surface area contributed by atoms with Crippen LogP contribution in [0.4, 0.5) is 0 Å². The molecule has 0 spiro atoms. The molecule has 0 saturated heterocycles. The van der Waals surface area contributed by atoms with Crippen molar-refractivity contribution in [2.75, 3.05) is 0 Å². The second-order valence-corrected chi connectivity index (χ2v) is 6.06. The maximum absolute atomic E-state index is 6.56.